The molecule has 2 aliphatic heterocycles. The van der Waals surface area contributed by atoms with Crippen LogP contribution in [0.4, 0.5) is 0 Å². The highest BCUT2D eigenvalue weighted by molar-refractivity contribution is 5.23. The van der Waals surface area contributed by atoms with Crippen molar-refractivity contribution in [2.24, 2.45) is 5.73 Å². The van der Waals surface area contributed by atoms with E-state index >= 15 is 0 Å². The van der Waals surface area contributed by atoms with Crippen LogP contribution in [-0.4, -0.2) is 30.2 Å². The molecule has 2 aliphatic rings. The molecule has 0 saturated carbocycles. The highest BCUT2D eigenvalue weighted by Crippen LogP contribution is 2.22. The molecular weight excluding hydrogens is 186 g/mol. The fourth-order valence-electron chi connectivity index (χ4n) is 2.51. The van der Waals surface area contributed by atoms with Gasteiger partial charge in [-0.3, -0.25) is 4.90 Å². The molecule has 0 aromatic carbocycles. The van der Waals surface area contributed by atoms with Crippen LogP contribution < -0.4 is 11.1 Å². The number of rotatable bonds is 2. The lowest BCUT2D eigenvalue weighted by Crippen LogP contribution is -2.52. The van der Waals surface area contributed by atoms with Crippen molar-refractivity contribution < 1.29 is 0 Å². The van der Waals surface area contributed by atoms with Crippen LogP contribution >= 0.6 is 0 Å². The molecular formula is C12H21N3. The molecule has 2 atom stereocenters. The number of hydrogen-bond acceptors (Lipinski definition) is 3. The number of hydrogen-bond donors (Lipinski definition) is 2. The number of dihydropyridines is 1. The average molecular weight is 207 g/mol. The molecule has 1 fully saturated rings. The van der Waals surface area contributed by atoms with Gasteiger partial charge in [0.15, 0.2) is 0 Å². The Kier molecular flexibility index (Phi) is 3.44. The summed E-state index contributed by atoms with van der Waals surface area (Å²) in [6, 6.07) is 0.665. The Morgan fingerprint density at radius 3 is 3.13 bits per heavy atom. The molecule has 0 aromatic rings. The third kappa shape index (κ3) is 2.24. The fourth-order valence-corrected chi connectivity index (χ4v) is 2.51. The van der Waals surface area contributed by atoms with Crippen LogP contribution in [0.25, 0.3) is 0 Å². The van der Waals surface area contributed by atoms with Gasteiger partial charge in [-0.25, -0.2) is 0 Å². The second kappa shape index (κ2) is 4.81. The van der Waals surface area contributed by atoms with E-state index in [0.717, 1.165) is 0 Å². The minimum absolute atomic E-state index is 0.329. The van der Waals surface area contributed by atoms with Crippen LogP contribution in [0.2, 0.25) is 0 Å². The summed E-state index contributed by atoms with van der Waals surface area (Å²) in [5.74, 6) is 0. The monoisotopic (exact) mass is 207 g/mol. The minimum Gasteiger partial charge on any atom is -0.372 e. The van der Waals surface area contributed by atoms with Crippen LogP contribution in [0.1, 0.15) is 26.2 Å². The van der Waals surface area contributed by atoms with Gasteiger partial charge in [0.2, 0.25) is 0 Å². The number of allylic oxidation sites excluding steroid dienone is 2. The van der Waals surface area contributed by atoms with Crippen molar-refractivity contribution in [3.63, 3.8) is 0 Å². The summed E-state index contributed by atoms with van der Waals surface area (Å²) < 4.78 is 0. The van der Waals surface area contributed by atoms with Gasteiger partial charge in [0.05, 0.1) is 0 Å². The second-order valence-electron chi connectivity index (χ2n) is 4.46. The third-order valence-corrected chi connectivity index (χ3v) is 3.43. The molecule has 15 heavy (non-hydrogen) atoms. The first-order chi connectivity index (χ1) is 7.33. The molecule has 1 unspecified atom stereocenters. The second-order valence-corrected chi connectivity index (χ2v) is 4.46. The molecule has 3 heteroatoms. The lowest BCUT2D eigenvalue weighted by Gasteiger charge is -2.41. The normalized spacial score (nSPS) is 32.3. The summed E-state index contributed by atoms with van der Waals surface area (Å²) in [5, 5.41) is 3.42. The van der Waals surface area contributed by atoms with E-state index in [0.29, 0.717) is 18.8 Å². The topological polar surface area (TPSA) is 41.3 Å². The molecule has 1 saturated heterocycles. The Balaban J connectivity index is 2.08. The van der Waals surface area contributed by atoms with Gasteiger partial charge in [-0.05, 0) is 37.6 Å². The average Bonchev–Trinajstić information content (AvgIpc) is 2.30. The predicted molar refractivity (Wildman–Crippen MR) is 63.2 cm³/mol. The van der Waals surface area contributed by atoms with Gasteiger partial charge in [0.25, 0.3) is 0 Å². The summed E-state index contributed by atoms with van der Waals surface area (Å²) in [7, 11) is 0. The summed E-state index contributed by atoms with van der Waals surface area (Å²) >= 11 is 0. The molecule has 0 radical (unpaired) electrons. The zero-order chi connectivity index (χ0) is 10.7. The molecule has 3 nitrogen and oxygen atoms in total. The standard InChI is InChI=1S/C12H21N3/c1-10-5-2-3-8-15(10)12-11(9-13)6-4-7-14-12/h4,6-7,10,12,14H,2-3,5,8-9,13H2,1H3/t10-,12?/m1/s1. The van der Waals surface area contributed by atoms with Gasteiger partial charge < -0.3 is 11.1 Å². The Bertz CT molecular complexity index is 270. The Labute approximate surface area is 92.0 Å². The quantitative estimate of drug-likeness (QED) is 0.714. The Morgan fingerprint density at radius 2 is 2.40 bits per heavy atom. The van der Waals surface area contributed by atoms with E-state index in [1.807, 2.05) is 12.3 Å². The Morgan fingerprint density at radius 1 is 1.53 bits per heavy atom. The van der Waals surface area contributed by atoms with Crippen molar-refractivity contribution in [3.8, 4) is 0 Å². The zero-order valence-electron chi connectivity index (χ0n) is 9.45. The Hall–Kier alpha value is -0.800. The first kappa shape index (κ1) is 10.7. The van der Waals surface area contributed by atoms with Crippen molar-refractivity contribution in [3.05, 3.63) is 23.9 Å². The van der Waals surface area contributed by atoms with Gasteiger partial charge in [-0.15, -0.1) is 0 Å². The molecule has 2 rings (SSSR count). The van der Waals surface area contributed by atoms with Crippen LogP contribution in [0, 0.1) is 0 Å². The van der Waals surface area contributed by atoms with Crippen LogP contribution in [0.15, 0.2) is 23.9 Å². The molecule has 3 N–H and O–H groups in total. The molecule has 0 spiro atoms. The molecule has 0 aliphatic carbocycles. The van der Waals surface area contributed by atoms with E-state index < -0.39 is 0 Å². The zero-order valence-corrected chi connectivity index (χ0v) is 9.45. The fraction of sp³-hybridized carbons (Fsp3) is 0.667. The maximum atomic E-state index is 5.78. The molecule has 0 amide bonds. The van der Waals surface area contributed by atoms with Gasteiger partial charge in [0, 0.05) is 19.1 Å². The van der Waals surface area contributed by atoms with Crippen molar-refractivity contribution >= 4 is 0 Å². The number of nitrogens with two attached hydrogens (primary N) is 1. The van der Waals surface area contributed by atoms with Crippen LogP contribution in [-0.2, 0) is 0 Å². The smallest absolute Gasteiger partial charge is 0.103 e. The van der Waals surface area contributed by atoms with Gasteiger partial charge in [-0.1, -0.05) is 12.5 Å². The third-order valence-electron chi connectivity index (χ3n) is 3.43. The summed E-state index contributed by atoms with van der Waals surface area (Å²) in [6.45, 7) is 4.14. The summed E-state index contributed by atoms with van der Waals surface area (Å²) in [6.07, 6.45) is 10.5. The number of piperidine rings is 1. The van der Waals surface area contributed by atoms with E-state index in [1.165, 1.54) is 31.4 Å². The number of nitrogens with zero attached hydrogens (tertiary/aromatic N) is 1. The van der Waals surface area contributed by atoms with Crippen molar-refractivity contribution in [2.75, 3.05) is 13.1 Å². The van der Waals surface area contributed by atoms with E-state index in [-0.39, 0.29) is 0 Å². The van der Waals surface area contributed by atoms with Gasteiger partial charge >= 0.3 is 0 Å². The van der Waals surface area contributed by atoms with Gasteiger partial charge in [0.1, 0.15) is 6.17 Å². The van der Waals surface area contributed by atoms with E-state index in [4.69, 9.17) is 5.73 Å². The first-order valence-electron chi connectivity index (χ1n) is 5.90. The lowest BCUT2D eigenvalue weighted by molar-refractivity contribution is 0.110. The SMILES string of the molecule is C[C@@H]1CCCCN1C1NC=CC=C1CN. The first-order valence-corrected chi connectivity index (χ1v) is 5.90. The minimum atomic E-state index is 0.329. The van der Waals surface area contributed by atoms with Crippen molar-refractivity contribution in [1.29, 1.82) is 0 Å². The van der Waals surface area contributed by atoms with Crippen molar-refractivity contribution in [2.45, 2.75) is 38.4 Å². The molecule has 84 valence electrons. The number of likely N-dealkylation sites (tertiary alicyclic amines) is 1. The van der Waals surface area contributed by atoms with Crippen LogP contribution in [0.5, 0.6) is 0 Å². The van der Waals surface area contributed by atoms with Crippen molar-refractivity contribution in [1.82, 2.24) is 10.2 Å². The van der Waals surface area contributed by atoms with Crippen LogP contribution in [0.3, 0.4) is 0 Å². The number of nitrogens with one attached hydrogen (secondary N) is 1. The van der Waals surface area contributed by atoms with E-state index in [2.05, 4.69) is 23.2 Å². The summed E-state index contributed by atoms with van der Waals surface area (Å²) in [5.41, 5.74) is 7.07. The van der Waals surface area contributed by atoms with E-state index in [1.54, 1.807) is 0 Å². The highest BCUT2D eigenvalue weighted by atomic mass is 15.3. The maximum Gasteiger partial charge on any atom is 0.103 e. The summed E-state index contributed by atoms with van der Waals surface area (Å²) in [4.78, 5) is 2.53. The molecule has 0 aromatic heterocycles. The van der Waals surface area contributed by atoms with Gasteiger partial charge in [-0.2, -0.15) is 0 Å². The lowest BCUT2D eigenvalue weighted by atomic mass is 10.00. The molecule has 2 heterocycles. The highest BCUT2D eigenvalue weighted by Gasteiger charge is 2.27. The molecule has 0 bridgehead atoms. The van der Waals surface area contributed by atoms with E-state index in [9.17, 15) is 0 Å². The predicted octanol–water partition coefficient (Wildman–Crippen LogP) is 1.19. The maximum absolute atomic E-state index is 5.78. The largest absolute Gasteiger partial charge is 0.372 e.